The molecule has 0 radical (unpaired) electrons. The SMILES string of the molecule is CN(Cc1cnc2ccccc2n1)C(=O)c1cn[nH]c1C1CCCCC1. The van der Waals surface area contributed by atoms with E-state index in [-0.39, 0.29) is 5.91 Å². The minimum absolute atomic E-state index is 0.0192. The number of aromatic nitrogens is 4. The molecule has 1 fully saturated rings. The van der Waals surface area contributed by atoms with Gasteiger partial charge in [0.2, 0.25) is 0 Å². The van der Waals surface area contributed by atoms with Gasteiger partial charge in [0.1, 0.15) is 0 Å². The summed E-state index contributed by atoms with van der Waals surface area (Å²) >= 11 is 0. The number of carbonyl (C=O) groups is 1. The van der Waals surface area contributed by atoms with Gasteiger partial charge < -0.3 is 4.90 Å². The molecule has 134 valence electrons. The smallest absolute Gasteiger partial charge is 0.257 e. The zero-order valence-corrected chi connectivity index (χ0v) is 15.0. The van der Waals surface area contributed by atoms with E-state index >= 15 is 0 Å². The average molecular weight is 349 g/mol. The summed E-state index contributed by atoms with van der Waals surface area (Å²) in [7, 11) is 1.80. The van der Waals surface area contributed by atoms with Crippen molar-refractivity contribution in [1.29, 1.82) is 0 Å². The Kier molecular flexibility index (Phi) is 4.65. The molecule has 6 nitrogen and oxygen atoms in total. The van der Waals surface area contributed by atoms with Gasteiger partial charge in [-0.05, 0) is 25.0 Å². The number of nitrogens with one attached hydrogen (secondary N) is 1. The summed E-state index contributed by atoms with van der Waals surface area (Å²) in [5, 5.41) is 7.22. The highest BCUT2D eigenvalue weighted by atomic mass is 16.2. The fourth-order valence-corrected chi connectivity index (χ4v) is 3.76. The Labute approximate surface area is 152 Å². The van der Waals surface area contributed by atoms with Crippen molar-refractivity contribution in [2.45, 2.75) is 44.6 Å². The first-order valence-corrected chi connectivity index (χ1v) is 9.22. The van der Waals surface area contributed by atoms with Crippen LogP contribution in [0.4, 0.5) is 0 Å². The fraction of sp³-hybridized carbons (Fsp3) is 0.400. The van der Waals surface area contributed by atoms with E-state index in [1.807, 2.05) is 24.3 Å². The fourth-order valence-electron chi connectivity index (χ4n) is 3.76. The van der Waals surface area contributed by atoms with Crippen LogP contribution in [0.5, 0.6) is 0 Å². The molecule has 0 saturated heterocycles. The van der Waals surface area contributed by atoms with Crippen molar-refractivity contribution >= 4 is 16.9 Å². The number of amides is 1. The predicted molar refractivity (Wildman–Crippen MR) is 99.7 cm³/mol. The van der Waals surface area contributed by atoms with E-state index in [1.54, 1.807) is 24.3 Å². The molecule has 1 N–H and O–H groups in total. The third kappa shape index (κ3) is 3.31. The summed E-state index contributed by atoms with van der Waals surface area (Å²) in [6.07, 6.45) is 9.39. The van der Waals surface area contributed by atoms with Crippen molar-refractivity contribution in [1.82, 2.24) is 25.1 Å². The van der Waals surface area contributed by atoms with Crippen LogP contribution in [0.15, 0.2) is 36.7 Å². The Balaban J connectivity index is 1.51. The van der Waals surface area contributed by atoms with Crippen molar-refractivity contribution in [2.24, 2.45) is 0 Å². The van der Waals surface area contributed by atoms with Crippen LogP contribution in [0, 0.1) is 0 Å². The van der Waals surface area contributed by atoms with Crippen LogP contribution in [-0.2, 0) is 6.54 Å². The summed E-state index contributed by atoms with van der Waals surface area (Å²) in [4.78, 5) is 23.7. The van der Waals surface area contributed by atoms with Gasteiger partial charge >= 0.3 is 0 Å². The minimum Gasteiger partial charge on any atom is -0.336 e. The topological polar surface area (TPSA) is 74.8 Å². The van der Waals surface area contributed by atoms with Gasteiger partial charge in [-0.25, -0.2) is 4.98 Å². The minimum atomic E-state index is -0.0192. The number of rotatable bonds is 4. The average Bonchev–Trinajstić information content (AvgIpc) is 3.17. The van der Waals surface area contributed by atoms with Crippen LogP contribution in [0.3, 0.4) is 0 Å². The Morgan fingerprint density at radius 1 is 1.15 bits per heavy atom. The lowest BCUT2D eigenvalue weighted by Gasteiger charge is -2.23. The van der Waals surface area contributed by atoms with Gasteiger partial charge in [-0.1, -0.05) is 31.4 Å². The number of nitrogens with zero attached hydrogens (tertiary/aromatic N) is 4. The lowest BCUT2D eigenvalue weighted by Crippen LogP contribution is -2.27. The molecule has 2 heterocycles. The second-order valence-corrected chi connectivity index (χ2v) is 7.04. The van der Waals surface area contributed by atoms with Crippen molar-refractivity contribution in [3.05, 3.63) is 53.6 Å². The van der Waals surface area contributed by atoms with E-state index < -0.39 is 0 Å². The van der Waals surface area contributed by atoms with Crippen LogP contribution in [0.2, 0.25) is 0 Å². The van der Waals surface area contributed by atoms with Crippen LogP contribution < -0.4 is 0 Å². The molecule has 0 bridgehead atoms. The number of para-hydroxylation sites is 2. The Bertz CT molecular complexity index is 913. The van der Waals surface area contributed by atoms with E-state index in [2.05, 4.69) is 20.2 Å². The zero-order valence-electron chi connectivity index (χ0n) is 15.0. The first-order chi connectivity index (χ1) is 12.7. The van der Waals surface area contributed by atoms with E-state index in [0.717, 1.165) is 35.3 Å². The van der Waals surface area contributed by atoms with Gasteiger partial charge in [0, 0.05) is 13.0 Å². The number of benzene rings is 1. The monoisotopic (exact) mass is 349 g/mol. The number of aromatic amines is 1. The lowest BCUT2D eigenvalue weighted by atomic mass is 9.85. The summed E-state index contributed by atoms with van der Waals surface area (Å²) < 4.78 is 0. The largest absolute Gasteiger partial charge is 0.336 e. The number of fused-ring (bicyclic) bond motifs is 1. The van der Waals surface area contributed by atoms with Crippen LogP contribution in [0.1, 0.15) is 59.8 Å². The summed E-state index contributed by atoms with van der Waals surface area (Å²) in [6.45, 7) is 0.423. The highest BCUT2D eigenvalue weighted by molar-refractivity contribution is 5.95. The third-order valence-electron chi connectivity index (χ3n) is 5.16. The molecular formula is C20H23N5O. The second-order valence-electron chi connectivity index (χ2n) is 7.04. The number of hydrogen-bond donors (Lipinski definition) is 1. The van der Waals surface area contributed by atoms with Crippen LogP contribution in [-0.4, -0.2) is 38.0 Å². The summed E-state index contributed by atoms with van der Waals surface area (Å²) in [6, 6.07) is 7.75. The molecule has 1 saturated carbocycles. The molecule has 0 aliphatic heterocycles. The Morgan fingerprint density at radius 3 is 2.73 bits per heavy atom. The van der Waals surface area contributed by atoms with E-state index in [9.17, 15) is 4.79 Å². The maximum atomic E-state index is 13.0. The Hall–Kier alpha value is -2.76. The first kappa shape index (κ1) is 16.7. The van der Waals surface area contributed by atoms with Gasteiger partial charge in [0.05, 0.1) is 46.9 Å². The van der Waals surface area contributed by atoms with Gasteiger partial charge in [-0.2, -0.15) is 5.10 Å². The van der Waals surface area contributed by atoms with Crippen molar-refractivity contribution in [2.75, 3.05) is 7.05 Å². The zero-order chi connectivity index (χ0) is 17.9. The molecule has 26 heavy (non-hydrogen) atoms. The maximum absolute atomic E-state index is 13.0. The molecule has 0 unspecified atom stereocenters. The molecule has 1 aromatic carbocycles. The highest BCUT2D eigenvalue weighted by Gasteiger charge is 2.25. The van der Waals surface area contributed by atoms with E-state index in [4.69, 9.17) is 0 Å². The van der Waals surface area contributed by atoms with E-state index in [0.29, 0.717) is 18.0 Å². The summed E-state index contributed by atoms with van der Waals surface area (Å²) in [5.74, 6) is 0.397. The number of H-pyrrole nitrogens is 1. The van der Waals surface area contributed by atoms with Crippen molar-refractivity contribution < 1.29 is 4.79 Å². The molecule has 0 spiro atoms. The normalized spacial score (nSPS) is 15.3. The van der Waals surface area contributed by atoms with Crippen LogP contribution >= 0.6 is 0 Å². The van der Waals surface area contributed by atoms with E-state index in [1.165, 1.54) is 19.3 Å². The third-order valence-corrected chi connectivity index (χ3v) is 5.16. The van der Waals surface area contributed by atoms with Gasteiger partial charge in [-0.3, -0.25) is 14.9 Å². The second kappa shape index (κ2) is 7.23. The predicted octanol–water partition coefficient (Wildman–Crippen LogP) is 3.67. The molecule has 1 aliphatic rings. The quantitative estimate of drug-likeness (QED) is 0.780. The molecule has 1 amide bonds. The molecule has 0 atom stereocenters. The Morgan fingerprint density at radius 2 is 1.92 bits per heavy atom. The molecule has 4 rings (SSSR count). The first-order valence-electron chi connectivity index (χ1n) is 9.22. The molecule has 1 aliphatic carbocycles. The number of hydrogen-bond acceptors (Lipinski definition) is 4. The van der Waals surface area contributed by atoms with Crippen LogP contribution in [0.25, 0.3) is 11.0 Å². The van der Waals surface area contributed by atoms with Gasteiger partial charge in [0.15, 0.2) is 0 Å². The van der Waals surface area contributed by atoms with Crippen molar-refractivity contribution in [3.8, 4) is 0 Å². The molecule has 2 aromatic heterocycles. The van der Waals surface area contributed by atoms with Gasteiger partial charge in [0.25, 0.3) is 5.91 Å². The summed E-state index contributed by atoms with van der Waals surface area (Å²) in [5.41, 5.74) is 4.17. The number of carbonyl (C=O) groups excluding carboxylic acids is 1. The highest BCUT2D eigenvalue weighted by Crippen LogP contribution is 2.33. The molecular weight excluding hydrogens is 326 g/mol. The standard InChI is InChI=1S/C20H23N5O/c1-25(13-15-11-21-17-9-5-6-10-18(17)23-15)20(26)16-12-22-24-19(16)14-7-3-2-4-8-14/h5-6,9-12,14H,2-4,7-8,13H2,1H3,(H,22,24). The van der Waals surface area contributed by atoms with Gasteiger partial charge in [-0.15, -0.1) is 0 Å². The molecule has 6 heteroatoms. The molecule has 3 aromatic rings. The van der Waals surface area contributed by atoms with Crippen molar-refractivity contribution in [3.63, 3.8) is 0 Å². The lowest BCUT2D eigenvalue weighted by molar-refractivity contribution is 0.0781. The maximum Gasteiger partial charge on any atom is 0.257 e.